The van der Waals surface area contributed by atoms with Crippen molar-refractivity contribution in [3.05, 3.63) is 0 Å². The molecule has 0 radical (unpaired) electrons. The highest BCUT2D eigenvalue weighted by atomic mass is 28.4. The summed E-state index contributed by atoms with van der Waals surface area (Å²) in [6.07, 6.45) is 0.207. The molecule has 1 saturated carbocycles. The molecule has 1 saturated heterocycles. The fourth-order valence-electron chi connectivity index (χ4n) is 3.21. The van der Waals surface area contributed by atoms with Crippen LogP contribution in [0.3, 0.4) is 0 Å². The Morgan fingerprint density at radius 2 is 1.90 bits per heavy atom. The number of carbonyl (C=O) groups excluding carboxylic acids is 1. The van der Waals surface area contributed by atoms with Crippen LogP contribution < -0.4 is 0 Å². The predicted octanol–water partition coefficient (Wildman–Crippen LogP) is 2.96. The molecule has 0 unspecified atom stereocenters. The maximum absolute atomic E-state index is 12.1. The van der Waals surface area contributed by atoms with E-state index in [4.69, 9.17) is 9.16 Å². The number of cyclic esters (lactones) is 1. The van der Waals surface area contributed by atoms with Crippen LogP contribution >= 0.6 is 0 Å². The number of aliphatic hydroxyl groups excluding tert-OH is 1. The minimum absolute atomic E-state index is 0.0234. The van der Waals surface area contributed by atoms with Gasteiger partial charge in [0.05, 0.1) is 18.1 Å². The lowest BCUT2D eigenvalue weighted by atomic mass is 9.57. The summed E-state index contributed by atoms with van der Waals surface area (Å²) < 4.78 is 11.7. The molecule has 2 aliphatic rings. The molecule has 0 amide bonds. The van der Waals surface area contributed by atoms with Crippen molar-refractivity contribution in [2.75, 3.05) is 6.61 Å². The molecule has 0 aromatic carbocycles. The van der Waals surface area contributed by atoms with E-state index in [-0.39, 0.29) is 34.4 Å². The summed E-state index contributed by atoms with van der Waals surface area (Å²) in [7, 11) is -1.95. The molecule has 0 aromatic rings. The van der Waals surface area contributed by atoms with Gasteiger partial charge in [-0.2, -0.15) is 0 Å². The molecule has 0 bridgehead atoms. The standard InChI is InChI=1S/C16H30O4Si/c1-15(2,3)21(6,7)20-11-9-19-14(18)12(11)10-8-16(4,5)13(10)17/h10-13,17H,8-9H2,1-7H3/t10-,11-,12-,13-/m1/s1. The second-order valence-corrected chi connectivity index (χ2v) is 13.6. The summed E-state index contributed by atoms with van der Waals surface area (Å²) >= 11 is 0. The second kappa shape index (κ2) is 5.07. The average molecular weight is 314 g/mol. The lowest BCUT2D eigenvalue weighted by Crippen LogP contribution is -2.56. The van der Waals surface area contributed by atoms with Crippen molar-refractivity contribution in [2.45, 2.75) is 71.4 Å². The predicted molar refractivity (Wildman–Crippen MR) is 84.4 cm³/mol. The van der Waals surface area contributed by atoms with E-state index in [0.717, 1.165) is 6.42 Å². The van der Waals surface area contributed by atoms with Crippen LogP contribution in [0, 0.1) is 17.3 Å². The fraction of sp³-hybridized carbons (Fsp3) is 0.938. The lowest BCUT2D eigenvalue weighted by Gasteiger charge is -2.51. The molecule has 1 N–H and O–H groups in total. The fourth-order valence-corrected chi connectivity index (χ4v) is 4.54. The zero-order chi connectivity index (χ0) is 16.2. The smallest absolute Gasteiger partial charge is 0.312 e. The minimum atomic E-state index is -1.95. The van der Waals surface area contributed by atoms with Gasteiger partial charge in [0, 0.05) is 5.92 Å². The van der Waals surface area contributed by atoms with Crippen LogP contribution in [0.15, 0.2) is 0 Å². The van der Waals surface area contributed by atoms with Gasteiger partial charge in [-0.25, -0.2) is 0 Å². The van der Waals surface area contributed by atoms with E-state index in [1.807, 2.05) is 13.8 Å². The van der Waals surface area contributed by atoms with Crippen LogP contribution in [0.4, 0.5) is 0 Å². The summed E-state index contributed by atoms with van der Waals surface area (Å²) in [5.74, 6) is -0.523. The summed E-state index contributed by atoms with van der Waals surface area (Å²) in [6.45, 7) is 15.4. The van der Waals surface area contributed by atoms with Gasteiger partial charge in [-0.3, -0.25) is 4.79 Å². The van der Waals surface area contributed by atoms with Crippen molar-refractivity contribution >= 4 is 14.3 Å². The molecular formula is C16H30O4Si. The van der Waals surface area contributed by atoms with Crippen LogP contribution in [-0.2, 0) is 14.0 Å². The third kappa shape index (κ3) is 2.92. The molecular weight excluding hydrogens is 284 g/mol. The van der Waals surface area contributed by atoms with Gasteiger partial charge in [0.15, 0.2) is 8.32 Å². The van der Waals surface area contributed by atoms with Gasteiger partial charge < -0.3 is 14.3 Å². The van der Waals surface area contributed by atoms with Gasteiger partial charge in [0.2, 0.25) is 0 Å². The van der Waals surface area contributed by atoms with Crippen LogP contribution in [0.5, 0.6) is 0 Å². The third-order valence-corrected chi connectivity index (χ3v) is 10.2. The number of ether oxygens (including phenoxy) is 1. The summed E-state index contributed by atoms with van der Waals surface area (Å²) in [5.41, 5.74) is -0.102. The first kappa shape index (κ1) is 17.0. The van der Waals surface area contributed by atoms with Gasteiger partial charge in [-0.1, -0.05) is 34.6 Å². The average Bonchev–Trinajstić information content (AvgIpc) is 2.65. The molecule has 0 aromatic heterocycles. The zero-order valence-electron chi connectivity index (χ0n) is 14.4. The number of aliphatic hydroxyl groups is 1. The van der Waals surface area contributed by atoms with Crippen LogP contribution in [0.2, 0.25) is 18.1 Å². The molecule has 4 atom stereocenters. The van der Waals surface area contributed by atoms with E-state index >= 15 is 0 Å². The number of carbonyl (C=O) groups is 1. The van der Waals surface area contributed by atoms with E-state index < -0.39 is 14.4 Å². The van der Waals surface area contributed by atoms with Crippen molar-refractivity contribution in [2.24, 2.45) is 17.3 Å². The van der Waals surface area contributed by atoms with Gasteiger partial charge in [0.1, 0.15) is 6.61 Å². The molecule has 1 aliphatic heterocycles. The number of esters is 1. The summed E-state index contributed by atoms with van der Waals surface area (Å²) in [5, 5.41) is 10.4. The first-order valence-corrected chi connectivity index (χ1v) is 10.8. The first-order chi connectivity index (χ1) is 9.37. The highest BCUT2D eigenvalue weighted by Gasteiger charge is 2.57. The van der Waals surface area contributed by atoms with Gasteiger partial charge in [0.25, 0.3) is 0 Å². The van der Waals surface area contributed by atoms with Crippen molar-refractivity contribution in [3.63, 3.8) is 0 Å². The Kier molecular flexibility index (Phi) is 4.09. The third-order valence-electron chi connectivity index (χ3n) is 5.74. The van der Waals surface area contributed by atoms with Crippen LogP contribution in [-0.4, -0.2) is 38.2 Å². The Balaban J connectivity index is 2.12. The molecule has 2 rings (SSSR count). The van der Waals surface area contributed by atoms with Crippen molar-refractivity contribution in [1.82, 2.24) is 0 Å². The molecule has 5 heteroatoms. The molecule has 0 spiro atoms. The molecule has 2 fully saturated rings. The minimum Gasteiger partial charge on any atom is -0.463 e. The molecule has 1 aliphatic carbocycles. The Bertz CT molecular complexity index is 424. The first-order valence-electron chi connectivity index (χ1n) is 7.89. The second-order valence-electron chi connectivity index (χ2n) is 8.87. The van der Waals surface area contributed by atoms with E-state index in [2.05, 4.69) is 33.9 Å². The maximum Gasteiger partial charge on any atom is 0.312 e. The Morgan fingerprint density at radius 1 is 1.33 bits per heavy atom. The van der Waals surface area contributed by atoms with E-state index in [1.54, 1.807) is 0 Å². The van der Waals surface area contributed by atoms with Gasteiger partial charge >= 0.3 is 5.97 Å². The monoisotopic (exact) mass is 314 g/mol. The molecule has 4 nitrogen and oxygen atoms in total. The molecule has 122 valence electrons. The highest BCUT2D eigenvalue weighted by molar-refractivity contribution is 6.74. The quantitative estimate of drug-likeness (QED) is 0.643. The summed E-state index contributed by atoms with van der Waals surface area (Å²) in [6, 6.07) is 0. The van der Waals surface area contributed by atoms with Gasteiger partial charge in [-0.15, -0.1) is 0 Å². The number of hydrogen-bond donors (Lipinski definition) is 1. The largest absolute Gasteiger partial charge is 0.463 e. The normalized spacial score (nSPS) is 36.3. The van der Waals surface area contributed by atoms with Crippen molar-refractivity contribution < 1.29 is 19.1 Å². The SMILES string of the molecule is CC1(C)C[C@H]([C@H]2C(=O)OC[C@H]2O[Si](C)(C)C(C)(C)C)[C@H]1O. The zero-order valence-corrected chi connectivity index (χ0v) is 15.4. The van der Waals surface area contributed by atoms with E-state index in [9.17, 15) is 9.90 Å². The summed E-state index contributed by atoms with van der Waals surface area (Å²) in [4.78, 5) is 12.1. The van der Waals surface area contributed by atoms with E-state index in [1.165, 1.54) is 0 Å². The molecule has 21 heavy (non-hydrogen) atoms. The van der Waals surface area contributed by atoms with Crippen molar-refractivity contribution in [3.8, 4) is 0 Å². The van der Waals surface area contributed by atoms with Crippen LogP contribution in [0.1, 0.15) is 41.0 Å². The van der Waals surface area contributed by atoms with E-state index in [0.29, 0.717) is 6.61 Å². The Hall–Kier alpha value is -0.393. The highest BCUT2D eigenvalue weighted by Crippen LogP contribution is 2.51. The Morgan fingerprint density at radius 3 is 2.33 bits per heavy atom. The maximum atomic E-state index is 12.1. The lowest BCUT2D eigenvalue weighted by molar-refractivity contribution is -0.159. The molecule has 1 heterocycles. The topological polar surface area (TPSA) is 55.8 Å². The van der Waals surface area contributed by atoms with Gasteiger partial charge in [-0.05, 0) is 30.0 Å². The Labute approximate surface area is 129 Å². The number of rotatable bonds is 3. The number of hydrogen-bond acceptors (Lipinski definition) is 4. The van der Waals surface area contributed by atoms with Crippen LogP contribution in [0.25, 0.3) is 0 Å². The van der Waals surface area contributed by atoms with Crippen molar-refractivity contribution in [1.29, 1.82) is 0 Å².